The number of hydrogen-bond donors (Lipinski definition) is 2. The van der Waals surface area contributed by atoms with Crippen LogP contribution < -0.4 is 15.4 Å². The number of nitrogens with zero attached hydrogens (tertiary/aromatic N) is 2. The lowest BCUT2D eigenvalue weighted by molar-refractivity contribution is -0.122. The second kappa shape index (κ2) is 9.22. The highest BCUT2D eigenvalue weighted by atomic mass is 35.5. The maximum absolute atomic E-state index is 12.4. The molecule has 1 fully saturated rings. The molecule has 0 spiro atoms. The van der Waals surface area contributed by atoms with Gasteiger partial charge in [-0.2, -0.15) is 5.10 Å². The van der Waals surface area contributed by atoms with Gasteiger partial charge in [0.05, 0.1) is 18.5 Å². The Morgan fingerprint density at radius 2 is 2.13 bits per heavy atom. The summed E-state index contributed by atoms with van der Waals surface area (Å²) in [5, 5.41) is 14.3. The highest BCUT2D eigenvalue weighted by molar-refractivity contribution is 8.15. The number of nitrogens with one attached hydrogen (secondary N) is 2. The number of benzene rings is 1. The zero-order valence-corrected chi connectivity index (χ0v) is 19.0. The second-order valence-corrected chi connectivity index (χ2v) is 9.83. The van der Waals surface area contributed by atoms with E-state index in [0.29, 0.717) is 21.6 Å². The first-order chi connectivity index (χ1) is 14.1. The number of hydrogen-bond acceptors (Lipinski definition) is 6. The van der Waals surface area contributed by atoms with Crippen LogP contribution in [-0.2, 0) is 9.59 Å². The molecule has 0 bridgehead atoms. The minimum Gasteiger partial charge on any atom is -0.495 e. The van der Waals surface area contributed by atoms with Crippen LogP contribution in [0.4, 0.5) is 5.69 Å². The predicted molar refractivity (Wildman–Crippen MR) is 122 cm³/mol. The predicted octanol–water partition coefficient (Wildman–Crippen LogP) is 4.39. The number of amidine groups is 1. The van der Waals surface area contributed by atoms with Crippen molar-refractivity contribution in [1.82, 2.24) is 5.32 Å². The monoisotopic (exact) mass is 448 g/mol. The molecule has 1 aliphatic carbocycles. The first-order valence-corrected chi connectivity index (χ1v) is 10.8. The van der Waals surface area contributed by atoms with Gasteiger partial charge in [-0.1, -0.05) is 42.8 Å². The van der Waals surface area contributed by atoms with Crippen LogP contribution in [-0.4, -0.2) is 35.1 Å². The number of methoxy groups -OCH3 is 1. The average Bonchev–Trinajstić information content (AvgIpc) is 2.98. The van der Waals surface area contributed by atoms with E-state index in [4.69, 9.17) is 16.3 Å². The number of ether oxygens (including phenoxy) is 1. The number of rotatable bonds is 5. The molecule has 160 valence electrons. The van der Waals surface area contributed by atoms with Crippen molar-refractivity contribution < 1.29 is 14.3 Å². The fourth-order valence-electron chi connectivity index (χ4n) is 3.60. The third kappa shape index (κ3) is 5.86. The number of halogens is 1. The highest BCUT2D eigenvalue weighted by Crippen LogP contribution is 2.34. The second-order valence-electron chi connectivity index (χ2n) is 8.20. The van der Waals surface area contributed by atoms with Crippen molar-refractivity contribution in [2.45, 2.75) is 45.3 Å². The van der Waals surface area contributed by atoms with Crippen molar-refractivity contribution in [3.05, 3.63) is 34.9 Å². The van der Waals surface area contributed by atoms with Crippen LogP contribution in [0.1, 0.15) is 40.0 Å². The molecule has 1 unspecified atom stereocenters. The summed E-state index contributed by atoms with van der Waals surface area (Å²) in [6.45, 7) is 6.48. The quantitative estimate of drug-likeness (QED) is 0.653. The molecule has 1 atom stereocenters. The van der Waals surface area contributed by atoms with Gasteiger partial charge in [-0.25, -0.2) is 0 Å². The SMILES string of the molecule is COc1ccc(Cl)cc1NC(=O)CC1S/C(=N\N=C2C=C(C)CC(C)(C)C2)NC1=O. The molecule has 2 amide bonds. The van der Waals surface area contributed by atoms with Crippen LogP contribution in [0.5, 0.6) is 5.75 Å². The normalized spacial score (nSPS) is 23.3. The van der Waals surface area contributed by atoms with Crippen LogP contribution in [0.15, 0.2) is 40.1 Å². The fourth-order valence-corrected chi connectivity index (χ4v) is 4.69. The van der Waals surface area contributed by atoms with E-state index < -0.39 is 5.25 Å². The average molecular weight is 449 g/mol. The lowest BCUT2D eigenvalue weighted by Gasteiger charge is -2.28. The molecule has 3 rings (SSSR count). The topological polar surface area (TPSA) is 92.2 Å². The van der Waals surface area contributed by atoms with Gasteiger partial charge in [0.2, 0.25) is 11.8 Å². The van der Waals surface area contributed by atoms with Crippen molar-refractivity contribution in [2.75, 3.05) is 12.4 Å². The largest absolute Gasteiger partial charge is 0.495 e. The molecule has 1 aliphatic heterocycles. The van der Waals surface area contributed by atoms with Crippen molar-refractivity contribution in [3.8, 4) is 5.75 Å². The molecule has 2 aliphatic rings. The summed E-state index contributed by atoms with van der Waals surface area (Å²) in [7, 11) is 1.51. The maximum atomic E-state index is 12.4. The van der Waals surface area contributed by atoms with E-state index in [1.54, 1.807) is 18.2 Å². The molecule has 9 heteroatoms. The van der Waals surface area contributed by atoms with Gasteiger partial charge in [0.15, 0.2) is 5.17 Å². The van der Waals surface area contributed by atoms with Gasteiger partial charge >= 0.3 is 0 Å². The molecule has 1 saturated heterocycles. The zero-order chi connectivity index (χ0) is 21.9. The molecule has 30 heavy (non-hydrogen) atoms. The third-order valence-corrected chi connectivity index (χ3v) is 5.99. The summed E-state index contributed by atoms with van der Waals surface area (Å²) in [4.78, 5) is 24.7. The van der Waals surface area contributed by atoms with Gasteiger partial charge in [0.1, 0.15) is 11.0 Å². The minimum atomic E-state index is -0.575. The number of allylic oxidation sites excluding steroid dienone is 2. The van der Waals surface area contributed by atoms with Crippen LogP contribution >= 0.6 is 23.4 Å². The van der Waals surface area contributed by atoms with E-state index in [9.17, 15) is 9.59 Å². The molecule has 0 saturated carbocycles. The molecule has 1 heterocycles. The Labute approximate surface area is 185 Å². The lowest BCUT2D eigenvalue weighted by atomic mass is 9.77. The van der Waals surface area contributed by atoms with Gasteiger partial charge in [0, 0.05) is 11.4 Å². The summed E-state index contributed by atoms with van der Waals surface area (Å²) < 4.78 is 5.22. The highest BCUT2D eigenvalue weighted by Gasteiger charge is 2.32. The van der Waals surface area contributed by atoms with Crippen LogP contribution in [0.25, 0.3) is 0 Å². The summed E-state index contributed by atoms with van der Waals surface area (Å²) in [5.74, 6) is -0.0840. The summed E-state index contributed by atoms with van der Waals surface area (Å²) in [6, 6.07) is 4.94. The van der Waals surface area contributed by atoms with E-state index in [1.807, 2.05) is 6.08 Å². The number of carbonyl (C=O) groups excluding carboxylic acids is 2. The summed E-state index contributed by atoms with van der Waals surface area (Å²) in [6.07, 6.45) is 3.89. The van der Waals surface area contributed by atoms with E-state index in [1.165, 1.54) is 24.4 Å². The van der Waals surface area contributed by atoms with Crippen LogP contribution in [0.2, 0.25) is 5.02 Å². The maximum Gasteiger partial charge on any atom is 0.240 e. The zero-order valence-electron chi connectivity index (χ0n) is 17.4. The molecule has 0 radical (unpaired) electrons. The Morgan fingerprint density at radius 3 is 2.83 bits per heavy atom. The van der Waals surface area contributed by atoms with Crippen molar-refractivity contribution in [2.24, 2.45) is 15.6 Å². The number of amides is 2. The van der Waals surface area contributed by atoms with Gasteiger partial charge in [-0.05, 0) is 49.5 Å². The smallest absolute Gasteiger partial charge is 0.240 e. The van der Waals surface area contributed by atoms with Crippen LogP contribution in [0, 0.1) is 5.41 Å². The molecular weight excluding hydrogens is 424 g/mol. The van der Waals surface area contributed by atoms with E-state index in [-0.39, 0.29) is 23.7 Å². The van der Waals surface area contributed by atoms with E-state index in [2.05, 4.69) is 41.6 Å². The van der Waals surface area contributed by atoms with Crippen molar-refractivity contribution >= 4 is 51.7 Å². The summed E-state index contributed by atoms with van der Waals surface area (Å²) in [5.41, 5.74) is 2.76. The van der Waals surface area contributed by atoms with Gasteiger partial charge in [-0.3, -0.25) is 9.59 Å². The van der Waals surface area contributed by atoms with Gasteiger partial charge < -0.3 is 15.4 Å². The molecule has 2 N–H and O–H groups in total. The fraction of sp³-hybridized carbons (Fsp3) is 0.429. The van der Waals surface area contributed by atoms with Crippen molar-refractivity contribution in [1.29, 1.82) is 0 Å². The van der Waals surface area contributed by atoms with E-state index in [0.717, 1.165) is 18.6 Å². The number of carbonyl (C=O) groups is 2. The first-order valence-electron chi connectivity index (χ1n) is 9.58. The third-order valence-electron chi connectivity index (χ3n) is 4.68. The Bertz CT molecular complexity index is 956. The Kier molecular flexibility index (Phi) is 6.88. The lowest BCUT2D eigenvalue weighted by Crippen LogP contribution is -2.28. The Hall–Kier alpha value is -2.32. The number of thioether (sulfide) groups is 1. The van der Waals surface area contributed by atoms with Gasteiger partial charge in [-0.15, -0.1) is 5.10 Å². The van der Waals surface area contributed by atoms with E-state index >= 15 is 0 Å². The molecule has 0 aromatic heterocycles. The molecule has 1 aromatic carbocycles. The minimum absolute atomic E-state index is 0.00615. The Morgan fingerprint density at radius 1 is 1.37 bits per heavy atom. The molecular formula is C21H25ClN4O3S. The molecule has 1 aromatic rings. The first kappa shape index (κ1) is 22.4. The molecule has 7 nitrogen and oxygen atoms in total. The summed E-state index contributed by atoms with van der Waals surface area (Å²) >= 11 is 7.19. The van der Waals surface area contributed by atoms with Crippen LogP contribution in [0.3, 0.4) is 0 Å². The standard InChI is InChI=1S/C21H25ClN4O3S/c1-12-7-14(11-21(2,3)10-12)25-26-20-24-19(28)17(30-20)9-18(27)23-15-8-13(22)5-6-16(15)29-4/h5-8,17H,9-11H2,1-4H3,(H,23,27)(H,24,26,28). The van der Waals surface area contributed by atoms with Gasteiger partial charge in [0.25, 0.3) is 0 Å². The van der Waals surface area contributed by atoms with Crippen molar-refractivity contribution in [3.63, 3.8) is 0 Å². The Balaban J connectivity index is 1.63. The number of anilines is 1.